The number of ether oxygens (including phenoxy) is 1. The number of nitrogens with one attached hydrogen (secondary N) is 1. The van der Waals surface area contributed by atoms with Crippen LogP contribution in [0.25, 0.3) is 21.3 Å². The molecule has 0 unspecified atom stereocenters. The summed E-state index contributed by atoms with van der Waals surface area (Å²) in [6.07, 6.45) is -0.446. The lowest BCUT2D eigenvalue weighted by molar-refractivity contribution is -0.147. The van der Waals surface area contributed by atoms with E-state index in [1.165, 1.54) is 23.5 Å². The quantitative estimate of drug-likeness (QED) is 0.303. The van der Waals surface area contributed by atoms with Crippen LogP contribution in [0.1, 0.15) is 57.2 Å². The van der Waals surface area contributed by atoms with E-state index in [1.807, 2.05) is 0 Å². The van der Waals surface area contributed by atoms with E-state index in [4.69, 9.17) is 14.2 Å². The van der Waals surface area contributed by atoms with Crippen molar-refractivity contribution in [2.75, 3.05) is 0 Å². The van der Waals surface area contributed by atoms with Crippen molar-refractivity contribution in [1.29, 1.82) is 0 Å². The summed E-state index contributed by atoms with van der Waals surface area (Å²) in [5.74, 6) is 1.04. The second-order valence-corrected chi connectivity index (χ2v) is 13.0. The Kier molecular flexibility index (Phi) is 8.20. The summed E-state index contributed by atoms with van der Waals surface area (Å²) in [5, 5.41) is 4.56. The first-order valence-corrected chi connectivity index (χ1v) is 14.6. The molecule has 1 aliphatic carbocycles. The SMILES string of the molecule is Cc1cc(S(=O)(=O)N[C@@H](C)C(F)(F)F)ccc1-c1sc(-c2noc(CC(C)(C)OC=O)n2)nc1CC1CCC1. The number of hydrogen-bond acceptors (Lipinski definition) is 9. The van der Waals surface area contributed by atoms with Gasteiger partial charge in [-0.2, -0.15) is 22.9 Å². The van der Waals surface area contributed by atoms with Gasteiger partial charge >= 0.3 is 6.18 Å². The van der Waals surface area contributed by atoms with Crippen molar-refractivity contribution in [3.63, 3.8) is 0 Å². The van der Waals surface area contributed by atoms with E-state index < -0.39 is 27.8 Å². The number of nitrogens with zero attached hydrogens (tertiary/aromatic N) is 3. The van der Waals surface area contributed by atoms with Crippen molar-refractivity contribution in [3.8, 4) is 21.3 Å². The predicted molar refractivity (Wildman–Crippen MR) is 137 cm³/mol. The molecule has 1 N–H and O–H groups in total. The zero-order chi connectivity index (χ0) is 28.6. The summed E-state index contributed by atoms with van der Waals surface area (Å²) in [5.41, 5.74) is 1.28. The van der Waals surface area contributed by atoms with E-state index in [1.54, 1.807) is 31.6 Å². The van der Waals surface area contributed by atoms with Gasteiger partial charge in [-0.05, 0) is 63.3 Å². The number of alkyl halides is 3. The third-order valence-electron chi connectivity index (χ3n) is 6.58. The summed E-state index contributed by atoms with van der Waals surface area (Å²) >= 11 is 1.33. The maximum absolute atomic E-state index is 12.9. The molecule has 1 aliphatic rings. The smallest absolute Gasteiger partial charge is 0.404 e. The second kappa shape index (κ2) is 11.0. The fourth-order valence-electron chi connectivity index (χ4n) is 4.14. The molecule has 0 spiro atoms. The minimum Gasteiger partial charge on any atom is -0.461 e. The highest BCUT2D eigenvalue weighted by molar-refractivity contribution is 7.89. The van der Waals surface area contributed by atoms with Crippen LogP contribution in [0.15, 0.2) is 27.6 Å². The van der Waals surface area contributed by atoms with E-state index in [-0.39, 0.29) is 23.0 Å². The van der Waals surface area contributed by atoms with Crippen LogP contribution in [0.3, 0.4) is 0 Å². The summed E-state index contributed by atoms with van der Waals surface area (Å²) in [6, 6.07) is 2.01. The fraction of sp³-hybridized carbons (Fsp3) is 0.520. The minimum absolute atomic E-state index is 0.210. The highest BCUT2D eigenvalue weighted by atomic mass is 32.2. The molecule has 14 heteroatoms. The number of carbonyl (C=O) groups is 1. The molecule has 3 aromatic rings. The van der Waals surface area contributed by atoms with Gasteiger partial charge in [-0.1, -0.05) is 30.5 Å². The molecule has 9 nitrogen and oxygen atoms in total. The Morgan fingerprint density at radius 2 is 1.97 bits per heavy atom. The average molecular weight is 587 g/mol. The van der Waals surface area contributed by atoms with Crippen molar-refractivity contribution in [3.05, 3.63) is 35.3 Å². The fourth-order valence-corrected chi connectivity index (χ4v) is 6.57. The van der Waals surface area contributed by atoms with Gasteiger partial charge in [-0.25, -0.2) is 13.4 Å². The molecule has 0 saturated heterocycles. The highest BCUT2D eigenvalue weighted by Gasteiger charge is 2.39. The third-order valence-corrected chi connectivity index (χ3v) is 9.25. The van der Waals surface area contributed by atoms with Crippen LogP contribution in [-0.2, 0) is 32.4 Å². The van der Waals surface area contributed by atoms with Crippen molar-refractivity contribution < 1.29 is 35.6 Å². The molecule has 0 amide bonds. The lowest BCUT2D eigenvalue weighted by Gasteiger charge is -2.24. The highest BCUT2D eigenvalue weighted by Crippen LogP contribution is 2.40. The number of rotatable bonds is 11. The lowest BCUT2D eigenvalue weighted by atomic mass is 9.81. The summed E-state index contributed by atoms with van der Waals surface area (Å²) in [4.78, 5) is 20.5. The van der Waals surface area contributed by atoms with Crippen LogP contribution in [-0.4, -0.2) is 47.8 Å². The maximum Gasteiger partial charge on any atom is 0.404 e. The van der Waals surface area contributed by atoms with E-state index in [9.17, 15) is 26.4 Å². The normalized spacial score (nSPS) is 15.7. The Bertz CT molecular complexity index is 1450. The molecule has 1 atom stereocenters. The van der Waals surface area contributed by atoms with E-state index in [2.05, 4.69) is 10.1 Å². The van der Waals surface area contributed by atoms with Crippen LogP contribution < -0.4 is 4.72 Å². The van der Waals surface area contributed by atoms with E-state index in [0.29, 0.717) is 23.0 Å². The average Bonchev–Trinajstić information content (AvgIpc) is 3.41. The first kappa shape index (κ1) is 29.2. The van der Waals surface area contributed by atoms with Gasteiger partial charge in [-0.3, -0.25) is 4.79 Å². The molecule has 1 fully saturated rings. The molecule has 2 aromatic heterocycles. The van der Waals surface area contributed by atoms with Gasteiger partial charge in [0.1, 0.15) is 11.6 Å². The van der Waals surface area contributed by atoms with Crippen LogP contribution in [0, 0.1) is 12.8 Å². The molecule has 212 valence electrons. The molecule has 0 radical (unpaired) electrons. The number of sulfonamides is 1. The second-order valence-electron chi connectivity index (χ2n) is 10.3. The van der Waals surface area contributed by atoms with Crippen molar-refractivity contribution in [2.24, 2.45) is 5.92 Å². The van der Waals surface area contributed by atoms with Gasteiger partial charge in [0.15, 0.2) is 5.01 Å². The number of thiazole rings is 1. The van der Waals surface area contributed by atoms with Crippen LogP contribution >= 0.6 is 11.3 Å². The van der Waals surface area contributed by atoms with Gasteiger partial charge in [0.2, 0.25) is 21.7 Å². The Labute approximate surface area is 228 Å². The minimum atomic E-state index is -4.70. The molecular formula is C25H29F3N4O5S2. The summed E-state index contributed by atoms with van der Waals surface area (Å²) < 4.78 is 76.1. The Morgan fingerprint density at radius 1 is 1.26 bits per heavy atom. The molecule has 1 saturated carbocycles. The zero-order valence-electron chi connectivity index (χ0n) is 21.8. The van der Waals surface area contributed by atoms with E-state index >= 15 is 0 Å². The number of benzene rings is 1. The van der Waals surface area contributed by atoms with Crippen LogP contribution in [0.2, 0.25) is 0 Å². The molecule has 0 aliphatic heterocycles. The first-order valence-electron chi connectivity index (χ1n) is 12.3. The molecule has 39 heavy (non-hydrogen) atoms. The monoisotopic (exact) mass is 586 g/mol. The number of aryl methyl sites for hydroxylation is 1. The van der Waals surface area contributed by atoms with Gasteiger partial charge in [-0.15, -0.1) is 11.3 Å². The summed E-state index contributed by atoms with van der Waals surface area (Å²) in [6.45, 7) is 6.26. The van der Waals surface area contributed by atoms with Gasteiger partial charge in [0.25, 0.3) is 6.47 Å². The Hall–Kier alpha value is -2.84. The molecule has 1 aromatic carbocycles. The maximum atomic E-state index is 12.9. The molecule has 0 bridgehead atoms. The topological polar surface area (TPSA) is 124 Å². The molecule has 2 heterocycles. The van der Waals surface area contributed by atoms with Gasteiger partial charge in [0, 0.05) is 0 Å². The van der Waals surface area contributed by atoms with Gasteiger partial charge in [0.05, 0.1) is 21.9 Å². The lowest BCUT2D eigenvalue weighted by Crippen LogP contribution is -2.42. The van der Waals surface area contributed by atoms with Crippen molar-refractivity contribution in [2.45, 2.75) is 82.5 Å². The Morgan fingerprint density at radius 3 is 2.56 bits per heavy atom. The first-order chi connectivity index (χ1) is 18.2. The van der Waals surface area contributed by atoms with Crippen molar-refractivity contribution in [1.82, 2.24) is 19.8 Å². The third kappa shape index (κ3) is 6.84. The van der Waals surface area contributed by atoms with Crippen molar-refractivity contribution >= 4 is 27.8 Å². The van der Waals surface area contributed by atoms with E-state index in [0.717, 1.165) is 48.7 Å². The number of aromatic nitrogens is 3. The van der Waals surface area contributed by atoms with Gasteiger partial charge < -0.3 is 9.26 Å². The number of halogens is 3. The predicted octanol–water partition coefficient (Wildman–Crippen LogP) is 5.23. The largest absolute Gasteiger partial charge is 0.461 e. The molecule has 4 rings (SSSR count). The Balaban J connectivity index is 1.66. The van der Waals surface area contributed by atoms with Crippen LogP contribution in [0.5, 0.6) is 0 Å². The number of hydrogen-bond donors (Lipinski definition) is 1. The number of carbonyl (C=O) groups excluding carboxylic acids is 1. The standard InChI is InChI=1S/C25H29F3N4O5S2/c1-14-10-17(39(34,35)32-15(2)25(26,27)28)8-9-18(14)21-19(11-16-6-5-7-16)29-23(38-21)22-30-20(37-31-22)12-24(3,4)36-13-33/h8-10,13,15-16,32H,5-7,11-12H2,1-4H3/t15-/m0/s1. The van der Waals surface area contributed by atoms with Crippen LogP contribution in [0.4, 0.5) is 13.2 Å². The summed E-state index contributed by atoms with van der Waals surface area (Å²) in [7, 11) is -4.39. The molecular weight excluding hydrogens is 557 g/mol. The zero-order valence-corrected chi connectivity index (χ0v) is 23.5.